The van der Waals surface area contributed by atoms with E-state index in [1.165, 1.54) is 6.26 Å². The van der Waals surface area contributed by atoms with Gasteiger partial charge < -0.3 is 20.2 Å². The molecule has 0 aliphatic heterocycles. The molecule has 1 atom stereocenters. The molecule has 0 spiro atoms. The second-order valence-electron chi connectivity index (χ2n) is 5.07. The molecule has 0 fully saturated rings. The number of carbonyl (C=O) groups is 2. The topological polar surface area (TPSA) is 91.6 Å². The zero-order valence-electron chi connectivity index (χ0n) is 12.7. The number of hydrogen-bond acceptors (Lipinski definition) is 4. The Morgan fingerprint density at radius 2 is 1.70 bits per heavy atom. The number of hydrogen-bond donors (Lipinski definition) is 3. The number of rotatable bonds is 7. The zero-order chi connectivity index (χ0) is 16.5. The lowest BCUT2D eigenvalue weighted by atomic mass is 10.1. The van der Waals surface area contributed by atoms with E-state index in [0.717, 1.165) is 5.56 Å². The van der Waals surface area contributed by atoms with Crippen molar-refractivity contribution in [2.24, 2.45) is 0 Å². The van der Waals surface area contributed by atoms with Crippen LogP contribution in [0.5, 0.6) is 0 Å². The molecule has 122 valence electrons. The van der Waals surface area contributed by atoms with Gasteiger partial charge in [0, 0.05) is 13.1 Å². The van der Waals surface area contributed by atoms with Gasteiger partial charge in [-0.15, -0.1) is 0 Å². The third-order valence-electron chi connectivity index (χ3n) is 3.32. The van der Waals surface area contributed by atoms with Crippen molar-refractivity contribution in [2.45, 2.75) is 18.9 Å². The van der Waals surface area contributed by atoms with Crippen LogP contribution in [0.25, 0.3) is 0 Å². The molecule has 1 aromatic carbocycles. The third-order valence-corrected chi connectivity index (χ3v) is 3.32. The fourth-order valence-corrected chi connectivity index (χ4v) is 2.07. The van der Waals surface area contributed by atoms with Gasteiger partial charge in [-0.3, -0.25) is 9.59 Å². The van der Waals surface area contributed by atoms with Crippen molar-refractivity contribution >= 4 is 11.8 Å². The Kier molecular flexibility index (Phi) is 6.38. The molecule has 23 heavy (non-hydrogen) atoms. The molecule has 6 heteroatoms. The van der Waals surface area contributed by atoms with Crippen LogP contribution >= 0.6 is 0 Å². The summed E-state index contributed by atoms with van der Waals surface area (Å²) in [7, 11) is 0. The summed E-state index contributed by atoms with van der Waals surface area (Å²) >= 11 is 0. The lowest BCUT2D eigenvalue weighted by molar-refractivity contribution is -0.139. The summed E-state index contributed by atoms with van der Waals surface area (Å²) < 4.78 is 5.05. The highest BCUT2D eigenvalue weighted by atomic mass is 16.4. The van der Waals surface area contributed by atoms with Crippen molar-refractivity contribution in [2.75, 3.05) is 13.1 Å². The average Bonchev–Trinajstić information content (AvgIpc) is 3.10. The number of benzene rings is 1. The molecular weight excluding hydrogens is 296 g/mol. The minimum absolute atomic E-state index is 0.187. The smallest absolute Gasteiger partial charge is 0.309 e. The van der Waals surface area contributed by atoms with Gasteiger partial charge in [-0.1, -0.05) is 30.3 Å². The fraction of sp³-hybridized carbons (Fsp3) is 0.294. The van der Waals surface area contributed by atoms with Crippen LogP contribution in [0.4, 0.5) is 0 Å². The van der Waals surface area contributed by atoms with E-state index in [1.54, 1.807) is 12.1 Å². The van der Waals surface area contributed by atoms with Gasteiger partial charge in [-0.05, 0) is 30.5 Å². The summed E-state index contributed by atoms with van der Waals surface area (Å²) in [5, 5.41) is 14.8. The van der Waals surface area contributed by atoms with Crippen LogP contribution in [0, 0.1) is 0 Å². The first-order chi connectivity index (χ1) is 11.2. The Bertz CT molecular complexity index is 611. The first-order valence-electron chi connectivity index (χ1n) is 7.48. The van der Waals surface area contributed by atoms with Gasteiger partial charge in [-0.2, -0.15) is 0 Å². The van der Waals surface area contributed by atoms with Crippen LogP contribution in [0.15, 0.2) is 53.1 Å². The zero-order valence-corrected chi connectivity index (χ0v) is 12.7. The first kappa shape index (κ1) is 16.8. The maximum atomic E-state index is 11.6. The number of carbonyl (C=O) groups excluding carboxylic acids is 2. The lowest BCUT2D eigenvalue weighted by Gasteiger charge is -2.09. The van der Waals surface area contributed by atoms with E-state index in [-0.39, 0.29) is 13.0 Å². The molecule has 0 aliphatic rings. The quantitative estimate of drug-likeness (QED) is 0.669. The number of aliphatic hydroxyl groups excluding tert-OH is 1. The Morgan fingerprint density at radius 1 is 1.00 bits per heavy atom. The predicted molar refractivity (Wildman–Crippen MR) is 84.5 cm³/mol. The largest absolute Gasteiger partial charge is 0.467 e. The highest BCUT2D eigenvalue weighted by molar-refractivity contribution is 6.35. The van der Waals surface area contributed by atoms with Crippen molar-refractivity contribution in [3.05, 3.63) is 60.1 Å². The van der Waals surface area contributed by atoms with E-state index < -0.39 is 17.9 Å². The second kappa shape index (κ2) is 8.75. The molecule has 0 saturated carbocycles. The Hall–Kier alpha value is -2.60. The van der Waals surface area contributed by atoms with Crippen LogP contribution in [-0.4, -0.2) is 30.0 Å². The minimum Gasteiger partial charge on any atom is -0.467 e. The van der Waals surface area contributed by atoms with Crippen molar-refractivity contribution in [1.82, 2.24) is 10.6 Å². The normalized spacial score (nSPS) is 11.7. The van der Waals surface area contributed by atoms with Crippen molar-refractivity contribution in [1.29, 1.82) is 0 Å². The van der Waals surface area contributed by atoms with Gasteiger partial charge in [0.1, 0.15) is 11.9 Å². The molecule has 0 aliphatic carbocycles. The van der Waals surface area contributed by atoms with E-state index in [0.29, 0.717) is 18.7 Å². The average molecular weight is 316 g/mol. The predicted octanol–water partition coefficient (Wildman–Crippen LogP) is 1.18. The van der Waals surface area contributed by atoms with Crippen LogP contribution in [0.2, 0.25) is 0 Å². The number of aliphatic hydroxyl groups is 1. The molecule has 6 nitrogen and oxygen atoms in total. The van der Waals surface area contributed by atoms with Gasteiger partial charge in [0.15, 0.2) is 0 Å². The maximum absolute atomic E-state index is 11.6. The van der Waals surface area contributed by atoms with Crippen LogP contribution in [0.1, 0.15) is 23.8 Å². The van der Waals surface area contributed by atoms with E-state index in [9.17, 15) is 14.7 Å². The molecule has 1 aromatic heterocycles. The maximum Gasteiger partial charge on any atom is 0.309 e. The summed E-state index contributed by atoms with van der Waals surface area (Å²) in [6.45, 7) is 0.581. The Morgan fingerprint density at radius 3 is 2.35 bits per heavy atom. The van der Waals surface area contributed by atoms with Gasteiger partial charge in [0.2, 0.25) is 0 Å². The van der Waals surface area contributed by atoms with E-state index in [1.807, 2.05) is 30.3 Å². The van der Waals surface area contributed by atoms with E-state index >= 15 is 0 Å². The molecule has 2 rings (SSSR count). The highest BCUT2D eigenvalue weighted by Gasteiger charge is 2.14. The Balaban J connectivity index is 1.62. The van der Waals surface area contributed by atoms with E-state index in [2.05, 4.69) is 10.6 Å². The minimum atomic E-state index is -0.800. The third kappa shape index (κ3) is 5.60. The molecule has 3 N–H and O–H groups in total. The van der Waals surface area contributed by atoms with Gasteiger partial charge in [0.05, 0.1) is 6.26 Å². The highest BCUT2D eigenvalue weighted by Crippen LogP contribution is 2.15. The van der Waals surface area contributed by atoms with Gasteiger partial charge in [0.25, 0.3) is 0 Å². The van der Waals surface area contributed by atoms with Gasteiger partial charge >= 0.3 is 11.8 Å². The van der Waals surface area contributed by atoms with Crippen molar-refractivity contribution in [3.63, 3.8) is 0 Å². The molecule has 1 heterocycles. The fourth-order valence-electron chi connectivity index (χ4n) is 2.07. The summed E-state index contributed by atoms with van der Waals surface area (Å²) in [4.78, 5) is 23.3. The molecule has 0 bridgehead atoms. The summed E-state index contributed by atoms with van der Waals surface area (Å²) in [5.74, 6) is -0.940. The standard InChI is InChI=1S/C17H20N2O4/c20-14(15-7-4-12-23-15)9-11-19-17(22)16(21)18-10-8-13-5-2-1-3-6-13/h1-7,12,14,20H,8-11H2,(H,18,21)(H,19,22). The number of furan rings is 1. The SMILES string of the molecule is O=C(NCCc1ccccc1)C(=O)NCCC(O)c1ccco1. The molecule has 2 aromatic rings. The summed E-state index contributed by atoms with van der Waals surface area (Å²) in [6, 6.07) is 13.0. The lowest BCUT2D eigenvalue weighted by Crippen LogP contribution is -2.41. The Labute approximate surface area is 134 Å². The molecule has 0 saturated heterocycles. The first-order valence-corrected chi connectivity index (χ1v) is 7.48. The monoisotopic (exact) mass is 316 g/mol. The van der Waals surface area contributed by atoms with E-state index in [4.69, 9.17) is 4.42 Å². The number of amides is 2. The summed E-state index contributed by atoms with van der Waals surface area (Å²) in [6.07, 6.45) is 1.61. The molecule has 0 radical (unpaired) electrons. The van der Waals surface area contributed by atoms with Crippen molar-refractivity contribution in [3.8, 4) is 0 Å². The van der Waals surface area contributed by atoms with Crippen LogP contribution in [0.3, 0.4) is 0 Å². The van der Waals surface area contributed by atoms with Crippen LogP contribution < -0.4 is 10.6 Å². The molecule has 1 unspecified atom stereocenters. The summed E-state index contributed by atoms with van der Waals surface area (Å²) in [5.41, 5.74) is 1.09. The van der Waals surface area contributed by atoms with Gasteiger partial charge in [-0.25, -0.2) is 0 Å². The van der Waals surface area contributed by atoms with Crippen LogP contribution in [-0.2, 0) is 16.0 Å². The number of nitrogens with one attached hydrogen (secondary N) is 2. The molecule has 2 amide bonds. The van der Waals surface area contributed by atoms with Crippen molar-refractivity contribution < 1.29 is 19.1 Å². The second-order valence-corrected chi connectivity index (χ2v) is 5.07. The molecular formula is C17H20N2O4.